The largest absolute Gasteiger partial charge is 0.379 e. The van der Waals surface area contributed by atoms with Crippen molar-refractivity contribution in [3.05, 3.63) is 0 Å². The van der Waals surface area contributed by atoms with Crippen LogP contribution in [0.4, 0.5) is 0 Å². The molecule has 0 spiro atoms. The van der Waals surface area contributed by atoms with Gasteiger partial charge >= 0.3 is 0 Å². The van der Waals surface area contributed by atoms with Gasteiger partial charge in [0.25, 0.3) is 0 Å². The lowest BCUT2D eigenvalue weighted by Gasteiger charge is -2.38. The SMILES string of the molecule is COC1CN(C2CC2)C1. The van der Waals surface area contributed by atoms with Gasteiger partial charge in [-0.15, -0.1) is 0 Å². The maximum atomic E-state index is 5.15. The number of ether oxygens (including phenoxy) is 1. The monoisotopic (exact) mass is 127 g/mol. The van der Waals surface area contributed by atoms with Gasteiger partial charge in [-0.25, -0.2) is 0 Å². The van der Waals surface area contributed by atoms with Gasteiger partial charge in [-0.1, -0.05) is 0 Å². The molecular formula is C7H13NO. The summed E-state index contributed by atoms with van der Waals surface area (Å²) < 4.78 is 5.15. The third kappa shape index (κ3) is 0.970. The van der Waals surface area contributed by atoms with Gasteiger partial charge in [-0.2, -0.15) is 0 Å². The lowest BCUT2D eigenvalue weighted by molar-refractivity contribution is -0.0335. The van der Waals surface area contributed by atoms with E-state index < -0.39 is 0 Å². The molecule has 2 heteroatoms. The molecule has 1 aliphatic heterocycles. The fourth-order valence-corrected chi connectivity index (χ4v) is 1.36. The molecular weight excluding hydrogens is 114 g/mol. The second kappa shape index (κ2) is 1.96. The summed E-state index contributed by atoms with van der Waals surface area (Å²) >= 11 is 0. The molecule has 1 aliphatic carbocycles. The molecule has 2 nitrogen and oxygen atoms in total. The van der Waals surface area contributed by atoms with Crippen molar-refractivity contribution >= 4 is 0 Å². The topological polar surface area (TPSA) is 12.5 Å². The zero-order valence-electron chi connectivity index (χ0n) is 5.84. The van der Waals surface area contributed by atoms with Crippen LogP contribution in [0.1, 0.15) is 12.8 Å². The highest BCUT2D eigenvalue weighted by Gasteiger charge is 2.37. The average molecular weight is 127 g/mol. The Balaban J connectivity index is 1.71. The quantitative estimate of drug-likeness (QED) is 0.535. The number of nitrogens with zero attached hydrogens (tertiary/aromatic N) is 1. The second-order valence-corrected chi connectivity index (χ2v) is 3.04. The Morgan fingerprint density at radius 3 is 2.44 bits per heavy atom. The Kier molecular flexibility index (Phi) is 1.24. The third-order valence-corrected chi connectivity index (χ3v) is 2.27. The minimum Gasteiger partial charge on any atom is -0.379 e. The van der Waals surface area contributed by atoms with E-state index in [2.05, 4.69) is 4.90 Å². The molecule has 0 unspecified atom stereocenters. The summed E-state index contributed by atoms with van der Waals surface area (Å²) in [5, 5.41) is 0. The van der Waals surface area contributed by atoms with Gasteiger partial charge < -0.3 is 4.74 Å². The first kappa shape index (κ1) is 5.69. The van der Waals surface area contributed by atoms with Gasteiger partial charge in [0.1, 0.15) is 0 Å². The third-order valence-electron chi connectivity index (χ3n) is 2.27. The number of hydrogen-bond acceptors (Lipinski definition) is 2. The van der Waals surface area contributed by atoms with Crippen LogP contribution in [0.25, 0.3) is 0 Å². The molecule has 52 valence electrons. The summed E-state index contributed by atoms with van der Waals surface area (Å²) in [5.74, 6) is 0. The predicted octanol–water partition coefficient (Wildman–Crippen LogP) is 0.479. The van der Waals surface area contributed by atoms with Crippen LogP contribution in [0.3, 0.4) is 0 Å². The lowest BCUT2D eigenvalue weighted by Crippen LogP contribution is -2.52. The Bertz CT molecular complexity index is 105. The lowest BCUT2D eigenvalue weighted by atomic mass is 10.2. The first-order valence-corrected chi connectivity index (χ1v) is 3.67. The standard InChI is InChI=1S/C7H13NO/c1-9-7-4-8(5-7)6-2-3-6/h6-7H,2-5H2,1H3. The van der Waals surface area contributed by atoms with E-state index in [1.54, 1.807) is 7.11 Å². The van der Waals surface area contributed by atoms with Crippen molar-refractivity contribution in [1.82, 2.24) is 4.90 Å². The van der Waals surface area contributed by atoms with Crippen LogP contribution < -0.4 is 0 Å². The second-order valence-electron chi connectivity index (χ2n) is 3.04. The molecule has 0 amide bonds. The molecule has 0 aromatic heterocycles. The van der Waals surface area contributed by atoms with E-state index in [-0.39, 0.29) is 0 Å². The molecule has 0 N–H and O–H groups in total. The van der Waals surface area contributed by atoms with Crippen LogP contribution in [0.2, 0.25) is 0 Å². The van der Waals surface area contributed by atoms with Gasteiger partial charge in [0.2, 0.25) is 0 Å². The summed E-state index contributed by atoms with van der Waals surface area (Å²) in [4.78, 5) is 2.51. The van der Waals surface area contributed by atoms with E-state index in [0.29, 0.717) is 6.10 Å². The van der Waals surface area contributed by atoms with Crippen molar-refractivity contribution in [2.24, 2.45) is 0 Å². The van der Waals surface area contributed by atoms with E-state index in [1.807, 2.05) is 0 Å². The Hall–Kier alpha value is -0.0800. The molecule has 9 heavy (non-hydrogen) atoms. The van der Waals surface area contributed by atoms with Crippen molar-refractivity contribution in [2.75, 3.05) is 20.2 Å². The highest BCUT2D eigenvalue weighted by atomic mass is 16.5. The number of likely N-dealkylation sites (tertiary alicyclic amines) is 1. The van der Waals surface area contributed by atoms with Crippen molar-refractivity contribution in [3.63, 3.8) is 0 Å². The predicted molar refractivity (Wildman–Crippen MR) is 35.4 cm³/mol. The Morgan fingerprint density at radius 1 is 1.33 bits per heavy atom. The first-order valence-electron chi connectivity index (χ1n) is 3.67. The minimum absolute atomic E-state index is 0.547. The van der Waals surface area contributed by atoms with E-state index in [9.17, 15) is 0 Å². The van der Waals surface area contributed by atoms with Gasteiger partial charge in [0.15, 0.2) is 0 Å². The fourth-order valence-electron chi connectivity index (χ4n) is 1.36. The Labute approximate surface area is 55.8 Å². The van der Waals surface area contributed by atoms with E-state index in [0.717, 1.165) is 6.04 Å². The Morgan fingerprint density at radius 2 is 2.00 bits per heavy atom. The summed E-state index contributed by atoms with van der Waals surface area (Å²) in [6, 6.07) is 0.941. The highest BCUT2D eigenvalue weighted by molar-refractivity contribution is 4.93. The molecule has 0 bridgehead atoms. The van der Waals surface area contributed by atoms with E-state index in [1.165, 1.54) is 25.9 Å². The summed E-state index contributed by atoms with van der Waals surface area (Å²) in [6.45, 7) is 2.36. The molecule has 0 aromatic carbocycles. The van der Waals surface area contributed by atoms with Crippen LogP contribution in [0, 0.1) is 0 Å². The van der Waals surface area contributed by atoms with Crippen molar-refractivity contribution < 1.29 is 4.74 Å². The van der Waals surface area contributed by atoms with Crippen LogP contribution in [0.5, 0.6) is 0 Å². The summed E-state index contributed by atoms with van der Waals surface area (Å²) in [5.41, 5.74) is 0. The number of rotatable bonds is 2. The van der Waals surface area contributed by atoms with E-state index in [4.69, 9.17) is 4.74 Å². The fraction of sp³-hybridized carbons (Fsp3) is 1.00. The molecule has 1 heterocycles. The van der Waals surface area contributed by atoms with E-state index >= 15 is 0 Å². The molecule has 1 saturated heterocycles. The molecule has 1 saturated carbocycles. The smallest absolute Gasteiger partial charge is 0.0825 e. The first-order chi connectivity index (χ1) is 4.40. The summed E-state index contributed by atoms with van der Waals surface area (Å²) in [7, 11) is 1.80. The van der Waals surface area contributed by atoms with Crippen LogP contribution in [0.15, 0.2) is 0 Å². The number of hydrogen-bond donors (Lipinski definition) is 0. The molecule has 0 aromatic rings. The van der Waals surface area contributed by atoms with Gasteiger partial charge in [-0.05, 0) is 12.8 Å². The van der Waals surface area contributed by atoms with Crippen LogP contribution in [-0.4, -0.2) is 37.2 Å². The molecule has 0 atom stereocenters. The highest BCUT2D eigenvalue weighted by Crippen LogP contribution is 2.30. The normalized spacial score (nSPS) is 30.3. The van der Waals surface area contributed by atoms with Crippen molar-refractivity contribution in [3.8, 4) is 0 Å². The molecule has 2 rings (SSSR count). The van der Waals surface area contributed by atoms with Gasteiger partial charge in [-0.3, -0.25) is 4.90 Å². The van der Waals surface area contributed by atoms with Crippen LogP contribution >= 0.6 is 0 Å². The maximum absolute atomic E-state index is 5.15. The zero-order valence-corrected chi connectivity index (χ0v) is 5.84. The van der Waals surface area contributed by atoms with Crippen LogP contribution in [-0.2, 0) is 4.74 Å². The summed E-state index contributed by atoms with van der Waals surface area (Å²) in [6.07, 6.45) is 3.40. The van der Waals surface area contributed by atoms with Crippen molar-refractivity contribution in [1.29, 1.82) is 0 Å². The minimum atomic E-state index is 0.547. The molecule has 2 aliphatic rings. The van der Waals surface area contributed by atoms with Gasteiger partial charge in [0.05, 0.1) is 6.10 Å². The molecule has 0 radical (unpaired) electrons. The zero-order chi connectivity index (χ0) is 6.27. The van der Waals surface area contributed by atoms with Crippen molar-refractivity contribution in [2.45, 2.75) is 25.0 Å². The average Bonchev–Trinajstić information content (AvgIpc) is 2.46. The molecule has 2 fully saturated rings. The van der Waals surface area contributed by atoms with Gasteiger partial charge in [0, 0.05) is 26.2 Å². The number of methoxy groups -OCH3 is 1. The maximum Gasteiger partial charge on any atom is 0.0825 e.